The van der Waals surface area contributed by atoms with Gasteiger partial charge in [0.15, 0.2) is 0 Å². The smallest absolute Gasteiger partial charge is 0.303 e. The third-order valence-electron chi connectivity index (χ3n) is 6.27. The molecule has 0 amide bonds. The van der Waals surface area contributed by atoms with Crippen molar-refractivity contribution in [2.24, 2.45) is 17.8 Å². The summed E-state index contributed by atoms with van der Waals surface area (Å²) in [6, 6.07) is 0. The number of rotatable bonds is 12. The second kappa shape index (κ2) is 11.1. The molecule has 5 atom stereocenters. The van der Waals surface area contributed by atoms with Crippen molar-refractivity contribution < 1.29 is 25.2 Å². The molecule has 0 aromatic heterocycles. The van der Waals surface area contributed by atoms with Crippen LogP contribution in [0.2, 0.25) is 0 Å². The van der Waals surface area contributed by atoms with Crippen molar-refractivity contribution in [3.05, 3.63) is 11.6 Å². The summed E-state index contributed by atoms with van der Waals surface area (Å²) in [4.78, 5) is 10.6. The molecule has 26 heavy (non-hydrogen) atoms. The number of aliphatic carboxylic acids is 1. The van der Waals surface area contributed by atoms with Gasteiger partial charge in [0.2, 0.25) is 0 Å². The largest absolute Gasteiger partial charge is 0.481 e. The van der Waals surface area contributed by atoms with Gasteiger partial charge in [0.25, 0.3) is 0 Å². The van der Waals surface area contributed by atoms with Crippen LogP contribution in [0.25, 0.3) is 0 Å². The molecule has 2 aliphatic rings. The van der Waals surface area contributed by atoms with E-state index in [2.05, 4.69) is 6.08 Å². The van der Waals surface area contributed by atoms with Gasteiger partial charge in [-0.2, -0.15) is 0 Å². The Hall–Kier alpha value is -0.910. The molecule has 2 aliphatic carbocycles. The highest BCUT2D eigenvalue weighted by Crippen LogP contribution is 2.51. The molecule has 5 nitrogen and oxygen atoms in total. The van der Waals surface area contributed by atoms with Gasteiger partial charge in [-0.25, -0.2) is 0 Å². The topological polar surface area (TPSA) is 98.0 Å². The van der Waals surface area contributed by atoms with Gasteiger partial charge in [-0.1, -0.05) is 24.5 Å². The molecular weight excluding hydrogens is 332 g/mol. The number of aliphatic hydroxyl groups is 3. The summed E-state index contributed by atoms with van der Waals surface area (Å²) in [5.41, 5.74) is 1.44. The maximum atomic E-state index is 10.6. The minimum atomic E-state index is -0.732. The highest BCUT2D eigenvalue weighted by atomic mass is 16.4. The van der Waals surface area contributed by atoms with E-state index < -0.39 is 5.97 Å². The molecule has 0 heterocycles. The molecule has 2 saturated carbocycles. The molecule has 0 aromatic rings. The monoisotopic (exact) mass is 368 g/mol. The predicted octanol–water partition coefficient (Wildman–Crippen LogP) is 3.27. The molecular formula is C21H36O5. The fraction of sp³-hybridized carbons (Fsp3) is 0.857. The van der Waals surface area contributed by atoms with Crippen molar-refractivity contribution in [3.63, 3.8) is 0 Å². The molecule has 150 valence electrons. The van der Waals surface area contributed by atoms with Crippen LogP contribution in [0.5, 0.6) is 0 Å². The first-order valence-electron chi connectivity index (χ1n) is 10.4. The van der Waals surface area contributed by atoms with Gasteiger partial charge in [-0.05, 0) is 75.5 Å². The zero-order chi connectivity index (χ0) is 18.9. The number of fused-ring (bicyclic) bond motifs is 1. The van der Waals surface area contributed by atoms with Crippen molar-refractivity contribution >= 4 is 5.97 Å². The first-order valence-corrected chi connectivity index (χ1v) is 10.4. The Bertz CT molecular complexity index is 461. The predicted molar refractivity (Wildman–Crippen MR) is 101 cm³/mol. The summed E-state index contributed by atoms with van der Waals surface area (Å²) in [7, 11) is 0. The second-order valence-corrected chi connectivity index (χ2v) is 8.25. The number of hydrogen-bond donors (Lipinski definition) is 4. The van der Waals surface area contributed by atoms with Gasteiger partial charge in [0.05, 0.1) is 12.2 Å². The van der Waals surface area contributed by atoms with E-state index in [9.17, 15) is 15.0 Å². The van der Waals surface area contributed by atoms with Crippen molar-refractivity contribution in [1.82, 2.24) is 0 Å². The molecule has 0 aliphatic heterocycles. The van der Waals surface area contributed by atoms with Gasteiger partial charge in [0.1, 0.15) is 0 Å². The minimum absolute atomic E-state index is 0.222. The molecule has 0 spiro atoms. The van der Waals surface area contributed by atoms with E-state index in [1.165, 1.54) is 5.57 Å². The Morgan fingerprint density at radius 1 is 1.15 bits per heavy atom. The lowest BCUT2D eigenvalue weighted by Crippen LogP contribution is -2.21. The van der Waals surface area contributed by atoms with Crippen molar-refractivity contribution in [1.29, 1.82) is 0 Å². The third-order valence-corrected chi connectivity index (χ3v) is 6.27. The Labute approximate surface area is 157 Å². The number of unbranched alkanes of at least 4 members (excludes halogenated alkanes) is 3. The highest BCUT2D eigenvalue weighted by Gasteiger charge is 2.45. The van der Waals surface area contributed by atoms with Gasteiger partial charge < -0.3 is 20.4 Å². The van der Waals surface area contributed by atoms with Crippen molar-refractivity contribution in [3.8, 4) is 0 Å². The molecule has 5 heteroatoms. The second-order valence-electron chi connectivity index (χ2n) is 8.25. The number of hydrogen-bond acceptors (Lipinski definition) is 4. The zero-order valence-corrected chi connectivity index (χ0v) is 15.9. The van der Waals surface area contributed by atoms with Crippen molar-refractivity contribution in [2.45, 2.75) is 89.3 Å². The molecule has 0 aromatic carbocycles. The maximum Gasteiger partial charge on any atom is 0.303 e. The van der Waals surface area contributed by atoms with Crippen LogP contribution in [0.15, 0.2) is 11.6 Å². The first kappa shape index (κ1) is 21.4. The summed E-state index contributed by atoms with van der Waals surface area (Å²) >= 11 is 0. The highest BCUT2D eigenvalue weighted by molar-refractivity contribution is 5.66. The SMILES string of the molecule is O=C(O)CCCC=C1C[C@@H]2C[C@H](O)[C@@H](CCC(O)CCCCCO)[C@@H]2C1. The van der Waals surface area contributed by atoms with Crippen LogP contribution in [0, 0.1) is 17.8 Å². The third kappa shape index (κ3) is 6.67. The summed E-state index contributed by atoms with van der Waals surface area (Å²) in [5.74, 6) is 0.640. The summed E-state index contributed by atoms with van der Waals surface area (Å²) in [6.45, 7) is 0.222. The Balaban J connectivity index is 1.72. The maximum absolute atomic E-state index is 10.6. The van der Waals surface area contributed by atoms with Gasteiger partial charge in [-0.15, -0.1) is 0 Å². The molecule has 4 N–H and O–H groups in total. The Morgan fingerprint density at radius 2 is 1.96 bits per heavy atom. The molecule has 0 saturated heterocycles. The minimum Gasteiger partial charge on any atom is -0.481 e. The van der Waals surface area contributed by atoms with E-state index in [1.54, 1.807) is 0 Å². The normalized spacial score (nSPS) is 30.7. The summed E-state index contributed by atoms with van der Waals surface area (Å²) in [5, 5.41) is 38.1. The quantitative estimate of drug-likeness (QED) is 0.313. The Morgan fingerprint density at radius 3 is 2.69 bits per heavy atom. The lowest BCUT2D eigenvalue weighted by Gasteiger charge is -2.22. The van der Waals surface area contributed by atoms with E-state index >= 15 is 0 Å². The molecule has 1 unspecified atom stereocenters. The van der Waals surface area contributed by atoms with Gasteiger partial charge in [-0.3, -0.25) is 4.79 Å². The van der Waals surface area contributed by atoms with Crippen LogP contribution in [0.3, 0.4) is 0 Å². The lowest BCUT2D eigenvalue weighted by molar-refractivity contribution is -0.137. The van der Waals surface area contributed by atoms with E-state index in [0.29, 0.717) is 18.3 Å². The fourth-order valence-corrected chi connectivity index (χ4v) is 4.90. The number of carboxylic acids is 1. The standard InChI is InChI=1S/C21H36O5/c22-11-5-1-2-7-17(23)9-10-18-19-13-15(6-3-4-8-21(25)26)12-16(19)14-20(18)24/h6,16-20,22-24H,1-5,7-14H2,(H,25,26)/t16-,17?,18+,19-,20+/m1/s1. The van der Waals surface area contributed by atoms with Gasteiger partial charge in [0, 0.05) is 13.0 Å². The molecule has 0 radical (unpaired) electrons. The lowest BCUT2D eigenvalue weighted by atomic mass is 9.86. The summed E-state index contributed by atoms with van der Waals surface area (Å²) in [6.07, 6.45) is 11.5. The molecule has 2 fully saturated rings. The number of carbonyl (C=O) groups is 1. The fourth-order valence-electron chi connectivity index (χ4n) is 4.90. The van der Waals surface area contributed by atoms with E-state index in [0.717, 1.165) is 64.2 Å². The van der Waals surface area contributed by atoms with E-state index in [1.807, 2.05) is 0 Å². The first-order chi connectivity index (χ1) is 12.5. The molecule has 0 bridgehead atoms. The van der Waals surface area contributed by atoms with Crippen molar-refractivity contribution in [2.75, 3.05) is 6.61 Å². The van der Waals surface area contributed by atoms with Crippen LogP contribution in [0.4, 0.5) is 0 Å². The summed E-state index contributed by atoms with van der Waals surface area (Å²) < 4.78 is 0. The number of carboxylic acid groups (broad SMARTS) is 1. The van der Waals surface area contributed by atoms with Crippen LogP contribution in [0.1, 0.15) is 77.0 Å². The number of allylic oxidation sites excluding steroid dienone is 2. The average Bonchev–Trinajstić information content (AvgIpc) is 3.10. The van der Waals surface area contributed by atoms with Crippen LogP contribution in [-0.4, -0.2) is 45.2 Å². The average molecular weight is 369 g/mol. The Kier molecular flexibility index (Phi) is 9.09. The molecule has 2 rings (SSSR count). The zero-order valence-electron chi connectivity index (χ0n) is 15.9. The van der Waals surface area contributed by atoms with Crippen LogP contribution >= 0.6 is 0 Å². The van der Waals surface area contributed by atoms with E-state index in [-0.39, 0.29) is 31.2 Å². The van der Waals surface area contributed by atoms with Crippen LogP contribution in [-0.2, 0) is 4.79 Å². The van der Waals surface area contributed by atoms with E-state index in [4.69, 9.17) is 10.2 Å². The van der Waals surface area contributed by atoms with Gasteiger partial charge >= 0.3 is 5.97 Å². The van der Waals surface area contributed by atoms with Crippen LogP contribution < -0.4 is 0 Å². The number of aliphatic hydroxyl groups excluding tert-OH is 3.